The van der Waals surface area contributed by atoms with Crippen LogP contribution in [0.25, 0.3) is 0 Å². The molecule has 0 aliphatic rings. The fraction of sp³-hybridized carbons (Fsp3) is 0.278. The molecule has 0 heterocycles. The molecule has 0 aromatic heterocycles. The van der Waals surface area contributed by atoms with Crippen LogP contribution in [0.4, 0.5) is 4.39 Å². The number of amides is 1. The summed E-state index contributed by atoms with van der Waals surface area (Å²) in [5, 5.41) is 3.26. The molecule has 6 heteroatoms. The molecule has 0 radical (unpaired) electrons. The van der Waals surface area contributed by atoms with Crippen LogP contribution in [0, 0.1) is 5.82 Å². The van der Waals surface area contributed by atoms with Crippen LogP contribution in [0.1, 0.15) is 17.2 Å². The number of hydrogen-bond donors (Lipinski definition) is 1. The van der Waals surface area contributed by atoms with E-state index in [-0.39, 0.29) is 11.7 Å². The van der Waals surface area contributed by atoms with E-state index in [1.165, 1.54) is 24.9 Å². The fourth-order valence-corrected chi connectivity index (χ4v) is 3.40. The zero-order chi connectivity index (χ0) is 17.4. The lowest BCUT2D eigenvalue weighted by Gasteiger charge is -2.15. The zero-order valence-corrected chi connectivity index (χ0v) is 14.9. The molecule has 1 N–H and O–H groups in total. The van der Waals surface area contributed by atoms with Gasteiger partial charge in [-0.3, -0.25) is 4.79 Å². The minimum absolute atomic E-state index is 0.187. The van der Waals surface area contributed by atoms with Crippen molar-refractivity contribution in [3.63, 3.8) is 0 Å². The van der Waals surface area contributed by atoms with E-state index in [1.807, 2.05) is 30.3 Å². The third-order valence-corrected chi connectivity index (χ3v) is 4.77. The van der Waals surface area contributed by atoms with Gasteiger partial charge in [-0.1, -0.05) is 48.0 Å². The number of carbonyl (C=O) groups excluding carboxylic acids is 1. The summed E-state index contributed by atoms with van der Waals surface area (Å²) < 4.78 is 18.9. The number of halogens is 2. The standard InChI is InChI=1S/C18H19ClFNO2S/c1-23-17(13-6-3-2-4-7-13)18(22)21-10-11-24-12-14-15(19)8-5-9-16(14)20/h2-9,17H,10-12H2,1H3,(H,21,22)/t17-/m0/s1. The second-order valence-electron chi connectivity index (χ2n) is 5.07. The van der Waals surface area contributed by atoms with Gasteiger partial charge in [-0.25, -0.2) is 4.39 Å². The SMILES string of the molecule is CO[C@H](C(=O)NCCSCc1c(F)cccc1Cl)c1ccccc1. The Morgan fingerprint density at radius 3 is 2.67 bits per heavy atom. The zero-order valence-electron chi connectivity index (χ0n) is 13.3. The molecule has 0 aliphatic carbocycles. The van der Waals surface area contributed by atoms with Crippen molar-refractivity contribution in [3.8, 4) is 0 Å². The molecule has 0 unspecified atom stereocenters. The monoisotopic (exact) mass is 367 g/mol. The van der Waals surface area contributed by atoms with E-state index in [9.17, 15) is 9.18 Å². The van der Waals surface area contributed by atoms with Gasteiger partial charge in [0.25, 0.3) is 5.91 Å². The van der Waals surface area contributed by atoms with Crippen LogP contribution in [-0.2, 0) is 15.3 Å². The van der Waals surface area contributed by atoms with Crippen LogP contribution >= 0.6 is 23.4 Å². The Morgan fingerprint density at radius 1 is 1.25 bits per heavy atom. The van der Waals surface area contributed by atoms with E-state index in [1.54, 1.807) is 12.1 Å². The van der Waals surface area contributed by atoms with Crippen LogP contribution in [-0.4, -0.2) is 25.3 Å². The molecule has 0 spiro atoms. The first kappa shape index (κ1) is 18.8. The smallest absolute Gasteiger partial charge is 0.253 e. The average molecular weight is 368 g/mol. The van der Waals surface area contributed by atoms with Crippen molar-refractivity contribution in [2.75, 3.05) is 19.4 Å². The van der Waals surface area contributed by atoms with Crippen molar-refractivity contribution in [1.29, 1.82) is 0 Å². The number of methoxy groups -OCH3 is 1. The van der Waals surface area contributed by atoms with Crippen molar-refractivity contribution in [2.45, 2.75) is 11.9 Å². The highest BCUT2D eigenvalue weighted by atomic mass is 35.5. The first-order valence-corrected chi connectivity index (χ1v) is 9.03. The van der Waals surface area contributed by atoms with Gasteiger partial charge in [0.2, 0.25) is 0 Å². The van der Waals surface area contributed by atoms with Crippen LogP contribution in [0.15, 0.2) is 48.5 Å². The summed E-state index contributed by atoms with van der Waals surface area (Å²) in [6, 6.07) is 14.0. The first-order valence-electron chi connectivity index (χ1n) is 7.49. The predicted octanol–water partition coefficient (Wildman–Crippen LogP) is 4.22. The van der Waals surface area contributed by atoms with Crippen LogP contribution < -0.4 is 5.32 Å². The van der Waals surface area contributed by atoms with E-state index in [2.05, 4.69) is 5.32 Å². The van der Waals surface area contributed by atoms with Gasteiger partial charge in [-0.05, 0) is 17.7 Å². The van der Waals surface area contributed by atoms with Gasteiger partial charge in [-0.15, -0.1) is 0 Å². The maximum Gasteiger partial charge on any atom is 0.253 e. The molecule has 0 bridgehead atoms. The Bertz CT molecular complexity index is 649. The highest BCUT2D eigenvalue weighted by molar-refractivity contribution is 7.98. The number of carbonyl (C=O) groups is 1. The van der Waals surface area contributed by atoms with Crippen molar-refractivity contribution < 1.29 is 13.9 Å². The Morgan fingerprint density at radius 2 is 2.00 bits per heavy atom. The third kappa shape index (κ3) is 5.23. The molecular formula is C18H19ClFNO2S. The summed E-state index contributed by atoms with van der Waals surface area (Å²) in [6.07, 6.45) is -0.628. The van der Waals surface area contributed by atoms with Crippen LogP contribution in [0.2, 0.25) is 5.02 Å². The lowest BCUT2D eigenvalue weighted by atomic mass is 10.1. The number of benzene rings is 2. The Balaban J connectivity index is 1.76. The highest BCUT2D eigenvalue weighted by Crippen LogP contribution is 2.23. The Kier molecular flexibility index (Phi) is 7.56. The number of thioether (sulfide) groups is 1. The van der Waals surface area contributed by atoms with Gasteiger partial charge in [0.1, 0.15) is 5.82 Å². The van der Waals surface area contributed by atoms with Gasteiger partial charge >= 0.3 is 0 Å². The molecule has 2 aromatic carbocycles. The van der Waals surface area contributed by atoms with E-state index >= 15 is 0 Å². The summed E-state index contributed by atoms with van der Waals surface area (Å²) in [7, 11) is 1.51. The molecule has 0 aliphatic heterocycles. The minimum atomic E-state index is -0.628. The Hall–Kier alpha value is -1.56. The van der Waals surface area contributed by atoms with E-state index in [0.717, 1.165) is 5.56 Å². The summed E-state index contributed by atoms with van der Waals surface area (Å²) in [4.78, 5) is 12.2. The van der Waals surface area contributed by atoms with E-state index < -0.39 is 6.10 Å². The van der Waals surface area contributed by atoms with Gasteiger partial charge in [0, 0.05) is 35.7 Å². The molecule has 2 aromatic rings. The summed E-state index contributed by atoms with van der Waals surface area (Å²) in [5.74, 6) is 0.630. The average Bonchev–Trinajstić information content (AvgIpc) is 2.58. The molecule has 3 nitrogen and oxygen atoms in total. The molecule has 0 fully saturated rings. The molecule has 2 rings (SSSR count). The van der Waals surface area contributed by atoms with Crippen LogP contribution in [0.3, 0.4) is 0 Å². The van der Waals surface area contributed by atoms with Crippen molar-refractivity contribution in [3.05, 3.63) is 70.5 Å². The normalized spacial score (nSPS) is 12.0. The second kappa shape index (κ2) is 9.67. The maximum absolute atomic E-state index is 13.6. The Labute approximate surface area is 150 Å². The van der Waals surface area contributed by atoms with Gasteiger partial charge in [0.15, 0.2) is 6.10 Å². The molecule has 1 amide bonds. The van der Waals surface area contributed by atoms with E-state index in [0.29, 0.717) is 28.6 Å². The first-order chi connectivity index (χ1) is 11.6. The van der Waals surface area contributed by atoms with Crippen molar-refractivity contribution in [1.82, 2.24) is 5.32 Å². The number of nitrogens with one attached hydrogen (secondary N) is 1. The summed E-state index contributed by atoms with van der Waals surface area (Å²) in [5.41, 5.74) is 1.30. The quantitative estimate of drug-likeness (QED) is 0.710. The van der Waals surface area contributed by atoms with Crippen molar-refractivity contribution >= 4 is 29.3 Å². The summed E-state index contributed by atoms with van der Waals surface area (Å²) >= 11 is 7.49. The largest absolute Gasteiger partial charge is 0.367 e. The number of rotatable bonds is 8. The molecule has 24 heavy (non-hydrogen) atoms. The van der Waals surface area contributed by atoms with Crippen molar-refractivity contribution in [2.24, 2.45) is 0 Å². The van der Waals surface area contributed by atoms with Gasteiger partial charge in [0.05, 0.1) is 0 Å². The lowest BCUT2D eigenvalue weighted by molar-refractivity contribution is -0.131. The van der Waals surface area contributed by atoms with Gasteiger partial charge < -0.3 is 10.1 Å². The highest BCUT2D eigenvalue weighted by Gasteiger charge is 2.19. The molecular weight excluding hydrogens is 349 g/mol. The molecule has 1 atom stereocenters. The topological polar surface area (TPSA) is 38.3 Å². The predicted molar refractivity (Wildman–Crippen MR) is 96.8 cm³/mol. The van der Waals surface area contributed by atoms with E-state index in [4.69, 9.17) is 16.3 Å². The minimum Gasteiger partial charge on any atom is -0.367 e. The maximum atomic E-state index is 13.6. The molecule has 0 saturated heterocycles. The number of hydrogen-bond acceptors (Lipinski definition) is 3. The molecule has 128 valence electrons. The third-order valence-electron chi connectivity index (χ3n) is 3.43. The van der Waals surface area contributed by atoms with Gasteiger partial charge in [-0.2, -0.15) is 11.8 Å². The molecule has 0 saturated carbocycles. The second-order valence-corrected chi connectivity index (χ2v) is 6.58. The summed E-state index contributed by atoms with van der Waals surface area (Å²) in [6.45, 7) is 0.474. The van der Waals surface area contributed by atoms with Crippen LogP contribution in [0.5, 0.6) is 0 Å². The number of ether oxygens (including phenoxy) is 1. The fourth-order valence-electron chi connectivity index (χ4n) is 2.21. The lowest BCUT2D eigenvalue weighted by Crippen LogP contribution is -2.32.